The molecule has 0 fully saturated rings. The molecule has 8 nitrogen and oxygen atoms in total. The molecule has 74 heavy (non-hydrogen) atoms. The Balaban J connectivity index is 4.20. The second-order valence-electron chi connectivity index (χ2n) is 23.1. The Bertz CT molecular complexity index is 1340. The molecular weight excluding hydrogens is 936 g/mol. The molecule has 0 aliphatic carbocycles. The summed E-state index contributed by atoms with van der Waals surface area (Å²) in [6, 6.07) is -0.912. The highest BCUT2D eigenvalue weighted by molar-refractivity contribution is 7.45. The fourth-order valence-corrected chi connectivity index (χ4v) is 10.2. The molecule has 0 bridgehead atoms. The molecular formula is C65H125N2O6P. The van der Waals surface area contributed by atoms with Crippen molar-refractivity contribution in [3.8, 4) is 0 Å². The quantitative estimate of drug-likeness (QED) is 0.0272. The van der Waals surface area contributed by atoms with E-state index < -0.39 is 26.6 Å². The number of allylic oxidation sites excluding steroid dienone is 7. The van der Waals surface area contributed by atoms with E-state index in [4.69, 9.17) is 9.05 Å². The van der Waals surface area contributed by atoms with Gasteiger partial charge >= 0.3 is 0 Å². The maximum absolute atomic E-state index is 13.0. The first kappa shape index (κ1) is 72.5. The number of aliphatic hydroxyl groups excluding tert-OH is 1. The summed E-state index contributed by atoms with van der Waals surface area (Å²) < 4.78 is 23.4. The highest BCUT2D eigenvalue weighted by atomic mass is 31.2. The maximum Gasteiger partial charge on any atom is 0.268 e. The normalized spacial score (nSPS) is 14.1. The Morgan fingerprint density at radius 1 is 0.459 bits per heavy atom. The molecule has 0 aliphatic heterocycles. The van der Waals surface area contributed by atoms with Gasteiger partial charge < -0.3 is 28.8 Å². The molecule has 0 aromatic carbocycles. The van der Waals surface area contributed by atoms with E-state index in [0.29, 0.717) is 17.4 Å². The van der Waals surface area contributed by atoms with E-state index in [-0.39, 0.29) is 12.5 Å². The Kier molecular flexibility index (Phi) is 55.0. The highest BCUT2D eigenvalue weighted by Crippen LogP contribution is 2.38. The van der Waals surface area contributed by atoms with Gasteiger partial charge in [-0.1, -0.05) is 281 Å². The molecule has 2 N–H and O–H groups in total. The van der Waals surface area contributed by atoms with Crippen LogP contribution in [-0.2, 0) is 18.4 Å². The third-order valence-electron chi connectivity index (χ3n) is 14.5. The number of aliphatic hydroxyl groups is 1. The van der Waals surface area contributed by atoms with Crippen molar-refractivity contribution < 1.29 is 32.9 Å². The lowest BCUT2D eigenvalue weighted by molar-refractivity contribution is -0.870. The lowest BCUT2D eigenvalue weighted by Crippen LogP contribution is -2.45. The van der Waals surface area contributed by atoms with Crippen LogP contribution in [0.2, 0.25) is 0 Å². The van der Waals surface area contributed by atoms with Crippen LogP contribution < -0.4 is 10.2 Å². The number of amides is 1. The van der Waals surface area contributed by atoms with Gasteiger partial charge in [0.15, 0.2) is 0 Å². The summed E-state index contributed by atoms with van der Waals surface area (Å²) in [5, 5.41) is 13.9. The number of nitrogens with zero attached hydrogens (tertiary/aromatic N) is 1. The van der Waals surface area contributed by atoms with Crippen molar-refractivity contribution in [2.45, 2.75) is 321 Å². The minimum atomic E-state index is -4.61. The number of unbranched alkanes of at least 4 members (excludes halogenated alkanes) is 40. The third kappa shape index (κ3) is 58.1. The number of carbonyl (C=O) groups is 1. The first-order valence-corrected chi connectivity index (χ1v) is 33.5. The predicted octanol–water partition coefficient (Wildman–Crippen LogP) is 19.2. The summed E-state index contributed by atoms with van der Waals surface area (Å²) in [5.74, 6) is -0.209. The van der Waals surface area contributed by atoms with Crippen LogP contribution in [0.15, 0.2) is 48.6 Å². The molecule has 436 valence electrons. The van der Waals surface area contributed by atoms with E-state index in [0.717, 1.165) is 44.9 Å². The zero-order valence-corrected chi connectivity index (χ0v) is 50.7. The average molecular weight is 1060 g/mol. The number of hydrogen-bond donors (Lipinski definition) is 2. The molecule has 0 aromatic rings. The maximum atomic E-state index is 13.0. The highest BCUT2D eigenvalue weighted by Gasteiger charge is 2.23. The molecule has 3 unspecified atom stereocenters. The number of rotatable bonds is 59. The van der Waals surface area contributed by atoms with Crippen LogP contribution in [0.3, 0.4) is 0 Å². The van der Waals surface area contributed by atoms with Gasteiger partial charge in [0.05, 0.1) is 39.9 Å². The van der Waals surface area contributed by atoms with Gasteiger partial charge in [0.2, 0.25) is 5.91 Å². The number of hydrogen-bond acceptors (Lipinski definition) is 6. The van der Waals surface area contributed by atoms with Crippen molar-refractivity contribution in [3.05, 3.63) is 48.6 Å². The smallest absolute Gasteiger partial charge is 0.268 e. The van der Waals surface area contributed by atoms with E-state index in [1.54, 1.807) is 6.08 Å². The van der Waals surface area contributed by atoms with Gasteiger partial charge in [-0.3, -0.25) is 9.36 Å². The number of nitrogens with one attached hydrogen (secondary N) is 1. The first-order valence-electron chi connectivity index (χ1n) is 32.0. The van der Waals surface area contributed by atoms with Crippen LogP contribution in [0.4, 0.5) is 0 Å². The van der Waals surface area contributed by atoms with Crippen molar-refractivity contribution in [2.75, 3.05) is 40.9 Å². The zero-order valence-electron chi connectivity index (χ0n) is 49.8. The Hall–Kier alpha value is -1.54. The van der Waals surface area contributed by atoms with E-state index in [1.807, 2.05) is 27.2 Å². The van der Waals surface area contributed by atoms with Gasteiger partial charge in [-0.15, -0.1) is 0 Å². The number of quaternary nitrogens is 1. The monoisotopic (exact) mass is 1060 g/mol. The van der Waals surface area contributed by atoms with E-state index in [9.17, 15) is 19.4 Å². The summed E-state index contributed by atoms with van der Waals surface area (Å²) in [5.41, 5.74) is 0. The van der Waals surface area contributed by atoms with Gasteiger partial charge in [-0.2, -0.15) is 0 Å². The molecule has 0 saturated heterocycles. The SMILES string of the molecule is CCCCCCCCCCCCCC/C=C\CCCCCCCCCCCCCC(=O)NC(COP(=O)([O-])OCC[N+](C)(C)C)C(O)/C=C/CC/C=C/CC/C=C/CCCCCCCCCCCCCCCCC. The van der Waals surface area contributed by atoms with Crippen molar-refractivity contribution in [2.24, 2.45) is 0 Å². The number of phosphoric acid groups is 1. The number of likely N-dealkylation sites (N-methyl/N-ethyl adjacent to an activating group) is 1. The first-order chi connectivity index (χ1) is 36.0. The molecule has 0 heterocycles. The lowest BCUT2D eigenvalue weighted by atomic mass is 10.0. The lowest BCUT2D eigenvalue weighted by Gasteiger charge is -2.29. The van der Waals surface area contributed by atoms with Gasteiger partial charge in [0.25, 0.3) is 7.82 Å². The van der Waals surface area contributed by atoms with Gasteiger partial charge in [0.1, 0.15) is 13.2 Å². The molecule has 3 atom stereocenters. The van der Waals surface area contributed by atoms with Crippen LogP contribution >= 0.6 is 7.82 Å². The Morgan fingerprint density at radius 3 is 1.09 bits per heavy atom. The molecule has 0 radical (unpaired) electrons. The molecule has 1 amide bonds. The molecule has 0 aromatic heterocycles. The predicted molar refractivity (Wildman–Crippen MR) is 321 cm³/mol. The summed E-state index contributed by atoms with van der Waals surface area (Å²) in [7, 11) is 1.24. The number of phosphoric ester groups is 1. The summed E-state index contributed by atoms with van der Waals surface area (Å²) in [6.45, 7) is 4.66. The van der Waals surface area contributed by atoms with Crippen LogP contribution in [0.1, 0.15) is 309 Å². The molecule has 0 spiro atoms. The minimum absolute atomic E-state index is 0.00916. The van der Waals surface area contributed by atoms with Crippen LogP contribution in [-0.4, -0.2) is 68.5 Å². The minimum Gasteiger partial charge on any atom is -0.756 e. The Labute approximate surface area is 460 Å². The average Bonchev–Trinajstić information content (AvgIpc) is 3.36. The topological polar surface area (TPSA) is 108 Å². The molecule has 0 saturated carbocycles. The van der Waals surface area contributed by atoms with Gasteiger partial charge in [-0.25, -0.2) is 0 Å². The van der Waals surface area contributed by atoms with Gasteiger partial charge in [0, 0.05) is 6.42 Å². The van der Waals surface area contributed by atoms with Crippen molar-refractivity contribution >= 4 is 13.7 Å². The number of carbonyl (C=O) groups excluding carboxylic acids is 1. The van der Waals surface area contributed by atoms with E-state index in [2.05, 4.69) is 55.6 Å². The van der Waals surface area contributed by atoms with Crippen LogP contribution in [0.5, 0.6) is 0 Å². The standard InChI is InChI=1S/C65H125N2O6P/c1-6-8-10-12-14-16-18-20-22-24-26-28-30-32-33-35-37-39-41-43-45-47-49-51-53-55-57-59-65(69)66-63(62-73-74(70,71)72-61-60-67(3,4)5)64(68)58-56-54-52-50-48-46-44-42-40-38-36-34-31-29-27-25-23-21-19-17-15-13-11-9-7-2/h32-33,40,42,48,50,56,58,63-64,68H,6-31,34-39,41,43-47,49,51-55,57,59-62H2,1-5H3,(H-,66,69,70,71)/b33-32-,42-40+,50-48+,58-56+. The van der Waals surface area contributed by atoms with E-state index >= 15 is 0 Å². The second-order valence-corrected chi connectivity index (χ2v) is 24.5. The van der Waals surface area contributed by atoms with Crippen molar-refractivity contribution in [3.63, 3.8) is 0 Å². The van der Waals surface area contributed by atoms with Crippen molar-refractivity contribution in [1.82, 2.24) is 5.32 Å². The largest absolute Gasteiger partial charge is 0.756 e. The van der Waals surface area contributed by atoms with Crippen molar-refractivity contribution in [1.29, 1.82) is 0 Å². The molecule has 0 rings (SSSR count). The summed E-state index contributed by atoms with van der Waals surface area (Å²) in [6.07, 6.45) is 75.0. The summed E-state index contributed by atoms with van der Waals surface area (Å²) >= 11 is 0. The zero-order chi connectivity index (χ0) is 54.2. The van der Waals surface area contributed by atoms with E-state index in [1.165, 1.54) is 244 Å². The Morgan fingerprint density at radius 2 is 0.757 bits per heavy atom. The second kappa shape index (κ2) is 56.2. The van der Waals surface area contributed by atoms with Crippen LogP contribution in [0.25, 0.3) is 0 Å². The van der Waals surface area contributed by atoms with Gasteiger partial charge in [-0.05, 0) is 70.6 Å². The van der Waals surface area contributed by atoms with Crippen LogP contribution in [0, 0.1) is 0 Å². The fourth-order valence-electron chi connectivity index (χ4n) is 9.48. The summed E-state index contributed by atoms with van der Waals surface area (Å²) in [4.78, 5) is 25.6. The molecule has 9 heteroatoms. The molecule has 0 aliphatic rings. The third-order valence-corrected chi connectivity index (χ3v) is 15.5. The fraction of sp³-hybridized carbons (Fsp3) is 0.862.